The molecule has 3 rings (SSSR count). The number of hydrogen-bond donors (Lipinski definition) is 1. The summed E-state index contributed by atoms with van der Waals surface area (Å²) in [5.41, 5.74) is 2.67. The molecular weight excluding hydrogens is 340 g/mol. The van der Waals surface area contributed by atoms with E-state index in [1.54, 1.807) is 30.3 Å². The van der Waals surface area contributed by atoms with Crippen LogP contribution in [0.15, 0.2) is 36.4 Å². The highest BCUT2D eigenvalue weighted by molar-refractivity contribution is 6.32. The Morgan fingerprint density at radius 1 is 1.24 bits per heavy atom. The minimum atomic E-state index is -0.182. The van der Waals surface area contributed by atoms with Crippen LogP contribution in [0.2, 0.25) is 5.02 Å². The third-order valence-electron chi connectivity index (χ3n) is 3.97. The lowest BCUT2D eigenvalue weighted by molar-refractivity contribution is -0.116. The molecule has 0 aromatic heterocycles. The van der Waals surface area contributed by atoms with Gasteiger partial charge in [0, 0.05) is 17.7 Å². The molecule has 0 unspecified atom stereocenters. The van der Waals surface area contributed by atoms with Gasteiger partial charge in [0.2, 0.25) is 5.91 Å². The van der Waals surface area contributed by atoms with Crippen LogP contribution in [-0.2, 0) is 11.2 Å². The van der Waals surface area contributed by atoms with Gasteiger partial charge in [0.15, 0.2) is 12.4 Å². The lowest BCUT2D eigenvalue weighted by atomic mass is 10.0. The highest BCUT2D eigenvalue weighted by atomic mass is 35.5. The molecule has 2 aromatic carbocycles. The molecule has 0 spiro atoms. The van der Waals surface area contributed by atoms with Crippen molar-refractivity contribution < 1.29 is 14.3 Å². The zero-order valence-corrected chi connectivity index (χ0v) is 14.1. The van der Waals surface area contributed by atoms with Gasteiger partial charge in [0.25, 0.3) is 0 Å². The van der Waals surface area contributed by atoms with E-state index >= 15 is 0 Å². The van der Waals surface area contributed by atoms with Gasteiger partial charge in [-0.15, -0.1) is 0 Å². The maximum Gasteiger partial charge on any atom is 0.224 e. The van der Waals surface area contributed by atoms with Crippen molar-refractivity contribution in [2.24, 2.45) is 0 Å². The van der Waals surface area contributed by atoms with Gasteiger partial charge in [0.05, 0.1) is 16.7 Å². The molecule has 0 fully saturated rings. The first-order valence-corrected chi connectivity index (χ1v) is 8.23. The minimum absolute atomic E-state index is 0.00313. The summed E-state index contributed by atoms with van der Waals surface area (Å²) in [5, 5.41) is 12.0. The Balaban J connectivity index is 1.71. The number of carbonyl (C=O) groups excluding carboxylic acids is 2. The van der Waals surface area contributed by atoms with E-state index in [2.05, 4.69) is 5.32 Å². The highest BCUT2D eigenvalue weighted by Gasteiger charge is 2.16. The zero-order valence-electron chi connectivity index (χ0n) is 13.3. The summed E-state index contributed by atoms with van der Waals surface area (Å²) in [7, 11) is 0. The molecule has 6 heteroatoms. The Morgan fingerprint density at radius 3 is 2.84 bits per heavy atom. The molecule has 25 heavy (non-hydrogen) atoms. The first kappa shape index (κ1) is 17.0. The normalized spacial score (nSPS) is 13.2. The summed E-state index contributed by atoms with van der Waals surface area (Å²) in [5.74, 6) is 0.173. The predicted octanol–water partition coefficient (Wildman–Crippen LogP) is 3.75. The largest absolute Gasteiger partial charge is 0.484 e. The van der Waals surface area contributed by atoms with Crippen molar-refractivity contribution >= 4 is 29.0 Å². The Hall–Kier alpha value is -2.84. The monoisotopic (exact) mass is 354 g/mol. The maximum absolute atomic E-state index is 12.4. The number of nitrogens with one attached hydrogen (secondary N) is 1. The number of halogens is 1. The summed E-state index contributed by atoms with van der Waals surface area (Å²) in [6, 6.07) is 11.9. The highest BCUT2D eigenvalue weighted by Crippen LogP contribution is 2.26. The first-order valence-electron chi connectivity index (χ1n) is 7.85. The number of benzene rings is 2. The molecule has 0 atom stereocenters. The van der Waals surface area contributed by atoms with Gasteiger partial charge in [-0.25, -0.2) is 0 Å². The van der Waals surface area contributed by atoms with Crippen LogP contribution in [-0.4, -0.2) is 18.3 Å². The number of aryl methyl sites for hydroxylation is 1. The molecule has 2 aromatic rings. The third-order valence-corrected chi connectivity index (χ3v) is 4.27. The number of hydrogen-bond acceptors (Lipinski definition) is 4. The standard InChI is InChI=1S/C19H15ClN2O3/c20-15-8-12(10-21)4-7-18(15)25-11-17(23)14-5-6-16-13(9-14)2-1-3-19(24)22-16/h4-9H,1-3,11H2,(H,22,24). The number of ketones is 1. The van der Waals surface area contributed by atoms with Crippen LogP contribution < -0.4 is 10.1 Å². The van der Waals surface area contributed by atoms with Crippen molar-refractivity contribution in [2.75, 3.05) is 11.9 Å². The number of rotatable bonds is 4. The second-order valence-electron chi connectivity index (χ2n) is 5.74. The topological polar surface area (TPSA) is 79.2 Å². The van der Waals surface area contributed by atoms with Crippen LogP contribution in [0.3, 0.4) is 0 Å². The predicted molar refractivity (Wildman–Crippen MR) is 94.0 cm³/mol. The number of anilines is 1. The van der Waals surface area contributed by atoms with Gasteiger partial charge in [0.1, 0.15) is 5.75 Å². The number of amides is 1. The quantitative estimate of drug-likeness (QED) is 0.848. The van der Waals surface area contributed by atoms with E-state index < -0.39 is 0 Å². The van der Waals surface area contributed by atoms with Gasteiger partial charge in [-0.1, -0.05) is 11.6 Å². The molecule has 1 aliphatic heterocycles. The van der Waals surface area contributed by atoms with Gasteiger partial charge < -0.3 is 10.1 Å². The average molecular weight is 355 g/mol. The fraction of sp³-hybridized carbons (Fsp3) is 0.211. The van der Waals surface area contributed by atoms with Gasteiger partial charge in [-0.05, 0) is 54.8 Å². The van der Waals surface area contributed by atoms with Crippen molar-refractivity contribution in [2.45, 2.75) is 19.3 Å². The third kappa shape index (κ3) is 3.98. The molecule has 0 aliphatic carbocycles. The molecule has 5 nitrogen and oxygen atoms in total. The van der Waals surface area contributed by atoms with Gasteiger partial charge >= 0.3 is 0 Å². The van der Waals surface area contributed by atoms with E-state index in [0.717, 1.165) is 24.1 Å². The Bertz CT molecular complexity index is 887. The van der Waals surface area contributed by atoms with Crippen LogP contribution in [0, 0.1) is 11.3 Å². The molecule has 1 heterocycles. The van der Waals surface area contributed by atoms with Gasteiger partial charge in [-0.3, -0.25) is 9.59 Å². The summed E-state index contributed by atoms with van der Waals surface area (Å²) in [6.45, 7) is -0.156. The fourth-order valence-electron chi connectivity index (χ4n) is 2.66. The van der Waals surface area contributed by atoms with E-state index in [4.69, 9.17) is 21.6 Å². The molecule has 1 aliphatic rings. The molecule has 1 N–H and O–H groups in total. The molecule has 126 valence electrons. The Kier molecular flexibility index (Phi) is 5.01. The van der Waals surface area contributed by atoms with Gasteiger partial charge in [-0.2, -0.15) is 5.26 Å². The second kappa shape index (κ2) is 7.37. The Labute approximate surface area is 150 Å². The summed E-state index contributed by atoms with van der Waals surface area (Å²) in [4.78, 5) is 24.0. The van der Waals surface area contributed by atoms with Crippen molar-refractivity contribution in [1.29, 1.82) is 5.26 Å². The number of Topliss-reactive ketones (excluding diaryl/α,β-unsaturated/α-hetero) is 1. The average Bonchev–Trinajstić information content (AvgIpc) is 2.80. The lowest BCUT2D eigenvalue weighted by Crippen LogP contribution is -2.13. The number of carbonyl (C=O) groups is 2. The van der Waals surface area contributed by atoms with E-state index in [1.165, 1.54) is 6.07 Å². The number of nitrogens with zero attached hydrogens (tertiary/aromatic N) is 1. The molecule has 0 saturated heterocycles. The van der Waals surface area contributed by atoms with Crippen LogP contribution in [0.5, 0.6) is 5.75 Å². The first-order chi connectivity index (χ1) is 12.1. The SMILES string of the molecule is N#Cc1ccc(OCC(=O)c2ccc3c(c2)CCCC(=O)N3)c(Cl)c1. The second-order valence-corrected chi connectivity index (χ2v) is 6.15. The van der Waals surface area contributed by atoms with E-state index in [9.17, 15) is 9.59 Å². The van der Waals surface area contributed by atoms with E-state index in [1.807, 2.05) is 6.07 Å². The molecule has 0 bridgehead atoms. The van der Waals surface area contributed by atoms with Crippen LogP contribution in [0.1, 0.15) is 34.3 Å². The number of ether oxygens (including phenoxy) is 1. The molecule has 0 radical (unpaired) electrons. The minimum Gasteiger partial charge on any atom is -0.484 e. The Morgan fingerprint density at radius 2 is 2.08 bits per heavy atom. The molecule has 0 saturated carbocycles. The van der Waals surface area contributed by atoms with Crippen molar-refractivity contribution in [3.05, 3.63) is 58.1 Å². The van der Waals surface area contributed by atoms with Crippen molar-refractivity contribution in [3.8, 4) is 11.8 Å². The van der Waals surface area contributed by atoms with E-state index in [-0.39, 0.29) is 23.3 Å². The smallest absolute Gasteiger partial charge is 0.224 e. The van der Waals surface area contributed by atoms with Crippen LogP contribution in [0.25, 0.3) is 0 Å². The molecular formula is C19H15ClN2O3. The number of nitriles is 1. The zero-order chi connectivity index (χ0) is 17.8. The van der Waals surface area contributed by atoms with E-state index in [0.29, 0.717) is 23.3 Å². The summed E-state index contributed by atoms with van der Waals surface area (Å²) in [6.07, 6.45) is 1.99. The van der Waals surface area contributed by atoms with Crippen molar-refractivity contribution in [3.63, 3.8) is 0 Å². The van der Waals surface area contributed by atoms with Crippen molar-refractivity contribution in [1.82, 2.24) is 0 Å². The summed E-state index contributed by atoms with van der Waals surface area (Å²) >= 11 is 6.04. The maximum atomic E-state index is 12.4. The van der Waals surface area contributed by atoms with Crippen LogP contribution >= 0.6 is 11.6 Å². The fourth-order valence-corrected chi connectivity index (χ4v) is 2.90. The summed E-state index contributed by atoms with van der Waals surface area (Å²) < 4.78 is 5.48. The molecule has 1 amide bonds. The lowest BCUT2D eigenvalue weighted by Gasteiger charge is -2.10. The number of fused-ring (bicyclic) bond motifs is 1. The van der Waals surface area contributed by atoms with Crippen LogP contribution in [0.4, 0.5) is 5.69 Å².